The van der Waals surface area contributed by atoms with Gasteiger partial charge >= 0.3 is 0 Å². The van der Waals surface area contributed by atoms with Crippen molar-refractivity contribution in [2.75, 3.05) is 24.5 Å². The van der Waals surface area contributed by atoms with Crippen molar-refractivity contribution in [3.63, 3.8) is 0 Å². The van der Waals surface area contributed by atoms with Crippen LogP contribution in [-0.2, 0) is 25.7 Å². The largest absolute Gasteiger partial charge is 0.744 e. The van der Waals surface area contributed by atoms with Crippen LogP contribution in [0.2, 0.25) is 0 Å². The summed E-state index contributed by atoms with van der Waals surface area (Å²) in [6.45, 7) is 15.1. The number of benzene rings is 2. The minimum atomic E-state index is -4.59. The van der Waals surface area contributed by atoms with Crippen LogP contribution in [0.1, 0.15) is 116 Å². The number of hydrogen-bond donors (Lipinski definition) is 0. The van der Waals surface area contributed by atoms with Crippen LogP contribution in [-0.4, -0.2) is 48.7 Å². The van der Waals surface area contributed by atoms with E-state index in [0.717, 1.165) is 81.4 Å². The van der Waals surface area contributed by atoms with Crippen LogP contribution in [0.25, 0.3) is 10.4 Å². The topological polar surface area (TPSA) is 129 Å². The second kappa shape index (κ2) is 16.3. The van der Waals surface area contributed by atoms with Crippen molar-refractivity contribution in [2.24, 2.45) is 5.11 Å². The fraction of sp³-hybridized carbons (Fsp3) is 0.538. The van der Waals surface area contributed by atoms with E-state index in [4.69, 9.17) is 5.53 Å². The standard InChI is InChI=1S/C39H53N5O4S/c1-7-43-34-23-21-29(2)27-32(34)38(3,4)36(43)19-16-20-37-39(5,6)33-28-31(49(46,47)48)22-24-35(33)44(37)26-15-11-13-18-30(45)17-12-9-8-10-14-25-41-42-40/h16,19-24,27-28H,7-15,17-18,25-26H2,1-6H3. The zero-order valence-electron chi connectivity index (χ0n) is 30.2. The SMILES string of the molecule is CCN1/C(=C/C=C/C2=[N+](CCCCCC(=O)CCCCCCCN=[N+]=[N-])c3ccc(S(=O)(=O)[O-])cc3C2(C)C)C(C)(C)c2cc(C)ccc21. The third-order valence-corrected chi connectivity index (χ3v) is 11.0. The zero-order chi connectivity index (χ0) is 35.8. The summed E-state index contributed by atoms with van der Waals surface area (Å²) in [6.07, 6.45) is 15.1. The molecule has 2 heterocycles. The van der Waals surface area contributed by atoms with Gasteiger partial charge in [-0.15, -0.1) is 0 Å². The number of unbranched alkanes of at least 4 members (excludes halogenated alkanes) is 6. The van der Waals surface area contributed by atoms with E-state index in [1.54, 1.807) is 12.1 Å². The Morgan fingerprint density at radius 2 is 1.61 bits per heavy atom. The molecule has 0 amide bonds. The number of carbonyl (C=O) groups is 1. The van der Waals surface area contributed by atoms with Gasteiger partial charge in [0.25, 0.3) is 0 Å². The van der Waals surface area contributed by atoms with E-state index in [1.165, 1.54) is 28.6 Å². The predicted molar refractivity (Wildman–Crippen MR) is 197 cm³/mol. The normalized spacial score (nSPS) is 17.1. The zero-order valence-corrected chi connectivity index (χ0v) is 31.0. The van der Waals surface area contributed by atoms with Crippen molar-refractivity contribution < 1.29 is 22.3 Å². The molecule has 0 spiro atoms. The van der Waals surface area contributed by atoms with Gasteiger partial charge in [0.1, 0.15) is 22.4 Å². The highest BCUT2D eigenvalue weighted by molar-refractivity contribution is 7.85. The van der Waals surface area contributed by atoms with Gasteiger partial charge in [0.2, 0.25) is 5.69 Å². The number of Topliss-reactive ketones (excluding diaryl/α,β-unsaturated/α-hetero) is 1. The van der Waals surface area contributed by atoms with Crippen LogP contribution >= 0.6 is 0 Å². The molecular weight excluding hydrogens is 635 g/mol. The molecule has 0 saturated carbocycles. The molecule has 0 aromatic heterocycles. The van der Waals surface area contributed by atoms with Crippen LogP contribution in [0.4, 0.5) is 11.4 Å². The van der Waals surface area contributed by atoms with Crippen LogP contribution in [0.15, 0.2) is 70.3 Å². The first-order chi connectivity index (χ1) is 23.2. The van der Waals surface area contributed by atoms with Gasteiger partial charge in [0, 0.05) is 71.8 Å². The quantitative estimate of drug-likeness (QED) is 0.0385. The van der Waals surface area contributed by atoms with E-state index in [9.17, 15) is 17.8 Å². The van der Waals surface area contributed by atoms with Gasteiger partial charge in [-0.1, -0.05) is 62.0 Å². The van der Waals surface area contributed by atoms with Gasteiger partial charge in [-0.3, -0.25) is 4.79 Å². The molecule has 0 fully saturated rings. The number of carbonyl (C=O) groups excluding carboxylic acids is 1. The van der Waals surface area contributed by atoms with Gasteiger partial charge < -0.3 is 9.45 Å². The summed E-state index contributed by atoms with van der Waals surface area (Å²) in [6, 6.07) is 11.4. The molecule has 2 aromatic rings. The Balaban J connectivity index is 1.47. The van der Waals surface area contributed by atoms with E-state index >= 15 is 0 Å². The third kappa shape index (κ3) is 8.91. The number of likely N-dealkylation sites (N-methyl/N-ethyl adjacent to an activating group) is 1. The summed E-state index contributed by atoms with van der Waals surface area (Å²) in [5, 5.41) is 3.55. The molecule has 0 N–H and O–H groups in total. The molecule has 4 rings (SSSR count). The van der Waals surface area contributed by atoms with Gasteiger partial charge in [-0.25, -0.2) is 8.42 Å². The van der Waals surface area contributed by atoms with Crippen LogP contribution in [0.3, 0.4) is 0 Å². The Bertz CT molecular complexity index is 1780. The number of azide groups is 1. The lowest BCUT2D eigenvalue weighted by atomic mass is 9.81. The first-order valence-corrected chi connectivity index (χ1v) is 19.2. The van der Waals surface area contributed by atoms with Gasteiger partial charge in [0.15, 0.2) is 5.71 Å². The van der Waals surface area contributed by atoms with Crippen molar-refractivity contribution >= 4 is 33.0 Å². The molecule has 9 nitrogen and oxygen atoms in total. The average Bonchev–Trinajstić information content (AvgIpc) is 3.39. The van der Waals surface area contributed by atoms with Gasteiger partial charge in [0.05, 0.1) is 10.3 Å². The van der Waals surface area contributed by atoms with Crippen molar-refractivity contribution in [1.82, 2.24) is 0 Å². The van der Waals surface area contributed by atoms with Crippen LogP contribution in [0, 0.1) is 6.92 Å². The van der Waals surface area contributed by atoms with E-state index in [0.29, 0.717) is 25.2 Å². The molecule has 2 aliphatic rings. The van der Waals surface area contributed by atoms with E-state index in [2.05, 4.69) is 97.5 Å². The Labute approximate surface area is 293 Å². The number of ketones is 1. The van der Waals surface area contributed by atoms with Crippen LogP contribution in [0.5, 0.6) is 0 Å². The summed E-state index contributed by atoms with van der Waals surface area (Å²) >= 11 is 0. The Hall–Kier alpha value is -3.72. The molecule has 0 atom stereocenters. The molecule has 0 unspecified atom stereocenters. The number of fused-ring (bicyclic) bond motifs is 2. The number of anilines is 1. The number of allylic oxidation sites excluding steroid dienone is 4. The minimum absolute atomic E-state index is 0.164. The summed E-state index contributed by atoms with van der Waals surface area (Å²) in [5.74, 6) is 0.310. The second-order valence-corrected chi connectivity index (χ2v) is 15.8. The number of rotatable bonds is 18. The summed E-state index contributed by atoms with van der Waals surface area (Å²) < 4.78 is 38.1. The number of nitrogens with zero attached hydrogens (tertiary/aromatic N) is 5. The molecule has 0 aliphatic carbocycles. The first kappa shape index (κ1) is 38.1. The molecule has 0 radical (unpaired) electrons. The summed E-state index contributed by atoms with van der Waals surface area (Å²) in [7, 11) is -4.59. The molecule has 264 valence electrons. The first-order valence-electron chi connectivity index (χ1n) is 17.8. The summed E-state index contributed by atoms with van der Waals surface area (Å²) in [4.78, 5) is 17.4. The van der Waals surface area contributed by atoms with Crippen molar-refractivity contribution in [3.05, 3.63) is 87.5 Å². The molecule has 49 heavy (non-hydrogen) atoms. The van der Waals surface area contributed by atoms with Crippen molar-refractivity contribution in [2.45, 2.75) is 121 Å². The molecule has 2 aromatic carbocycles. The number of hydrogen-bond acceptors (Lipinski definition) is 6. The molecule has 2 aliphatic heterocycles. The van der Waals surface area contributed by atoms with E-state index in [1.807, 2.05) is 0 Å². The lowest BCUT2D eigenvalue weighted by Gasteiger charge is -2.25. The maximum absolute atomic E-state index is 12.5. The molecular formula is C39H53N5O4S. The Morgan fingerprint density at radius 1 is 0.939 bits per heavy atom. The average molecular weight is 688 g/mol. The highest BCUT2D eigenvalue weighted by atomic mass is 32.2. The molecule has 0 bridgehead atoms. The minimum Gasteiger partial charge on any atom is -0.744 e. The van der Waals surface area contributed by atoms with Crippen molar-refractivity contribution in [1.29, 1.82) is 0 Å². The Kier molecular flexibility index (Phi) is 12.7. The fourth-order valence-corrected chi connectivity index (χ4v) is 7.88. The second-order valence-electron chi connectivity index (χ2n) is 14.4. The lowest BCUT2D eigenvalue weighted by molar-refractivity contribution is -0.438. The van der Waals surface area contributed by atoms with E-state index < -0.39 is 15.5 Å². The van der Waals surface area contributed by atoms with E-state index in [-0.39, 0.29) is 10.3 Å². The Morgan fingerprint density at radius 3 is 2.29 bits per heavy atom. The smallest absolute Gasteiger partial charge is 0.209 e. The van der Waals surface area contributed by atoms with Crippen molar-refractivity contribution in [3.8, 4) is 0 Å². The highest BCUT2D eigenvalue weighted by Crippen LogP contribution is 2.48. The highest BCUT2D eigenvalue weighted by Gasteiger charge is 2.45. The third-order valence-electron chi connectivity index (χ3n) is 10.1. The fourth-order valence-electron chi connectivity index (χ4n) is 7.38. The maximum atomic E-state index is 12.5. The maximum Gasteiger partial charge on any atom is 0.209 e. The van der Waals surface area contributed by atoms with Crippen LogP contribution < -0.4 is 4.90 Å². The molecule has 10 heteroatoms. The molecule has 0 saturated heterocycles. The monoisotopic (exact) mass is 687 g/mol. The summed E-state index contributed by atoms with van der Waals surface area (Å²) in [5.41, 5.74) is 15.5. The number of aryl methyl sites for hydroxylation is 1. The predicted octanol–water partition coefficient (Wildman–Crippen LogP) is 9.31. The lowest BCUT2D eigenvalue weighted by Crippen LogP contribution is -2.28. The van der Waals surface area contributed by atoms with Gasteiger partial charge in [-0.05, 0) is 88.7 Å². The van der Waals surface area contributed by atoms with Gasteiger partial charge in [-0.2, -0.15) is 4.58 Å².